The summed E-state index contributed by atoms with van der Waals surface area (Å²) in [5.74, 6) is 0.300. The van der Waals surface area contributed by atoms with Crippen LogP contribution in [0.1, 0.15) is 29.7 Å². The van der Waals surface area contributed by atoms with E-state index in [-0.39, 0.29) is 11.4 Å². The molecule has 0 atom stereocenters. The van der Waals surface area contributed by atoms with Crippen LogP contribution >= 0.6 is 0 Å². The van der Waals surface area contributed by atoms with E-state index in [0.717, 1.165) is 25.0 Å². The molecule has 2 heterocycles. The van der Waals surface area contributed by atoms with Crippen LogP contribution in [0.3, 0.4) is 0 Å². The maximum absolute atomic E-state index is 13.0. The third-order valence-electron chi connectivity index (χ3n) is 4.24. The lowest BCUT2D eigenvalue weighted by Gasteiger charge is -2.13. The number of alkyl halides is 3. The monoisotopic (exact) mass is 383 g/mol. The molecule has 1 aliphatic rings. The lowest BCUT2D eigenvalue weighted by Crippen LogP contribution is -2.09. The van der Waals surface area contributed by atoms with Gasteiger partial charge in [0.15, 0.2) is 17.2 Å². The molecule has 1 aromatic carbocycles. The predicted octanol–water partition coefficient (Wildman–Crippen LogP) is 3.81. The van der Waals surface area contributed by atoms with Crippen LogP contribution in [0.5, 0.6) is 0 Å². The SMILES string of the molecule is N#Cc1cc(Nc2cc(NC3CC3)c3ncc(C#N)n3n2)ccc1C(F)(F)F. The Morgan fingerprint density at radius 2 is 1.93 bits per heavy atom. The molecular weight excluding hydrogens is 371 g/mol. The van der Waals surface area contributed by atoms with Crippen LogP contribution < -0.4 is 10.6 Å². The molecule has 140 valence electrons. The number of imidazole rings is 1. The molecule has 0 amide bonds. The van der Waals surface area contributed by atoms with E-state index in [1.807, 2.05) is 6.07 Å². The molecule has 10 heteroatoms. The molecule has 4 rings (SSSR count). The first-order valence-corrected chi connectivity index (χ1v) is 8.33. The number of fused-ring (bicyclic) bond motifs is 1. The predicted molar refractivity (Wildman–Crippen MR) is 93.8 cm³/mol. The minimum absolute atomic E-state index is 0.225. The Balaban J connectivity index is 1.73. The largest absolute Gasteiger partial charge is 0.417 e. The third kappa shape index (κ3) is 3.28. The molecule has 3 aromatic rings. The van der Waals surface area contributed by atoms with Gasteiger partial charge in [0.05, 0.1) is 29.1 Å². The number of anilines is 3. The van der Waals surface area contributed by atoms with Crippen molar-refractivity contribution in [2.75, 3.05) is 10.6 Å². The summed E-state index contributed by atoms with van der Waals surface area (Å²) >= 11 is 0. The minimum Gasteiger partial charge on any atom is -0.379 e. The molecule has 2 aromatic heterocycles. The molecule has 0 bridgehead atoms. The molecule has 0 saturated heterocycles. The highest BCUT2D eigenvalue weighted by molar-refractivity contribution is 5.73. The lowest BCUT2D eigenvalue weighted by atomic mass is 10.1. The molecule has 0 unspecified atom stereocenters. The Labute approximate surface area is 157 Å². The summed E-state index contributed by atoms with van der Waals surface area (Å²) in [5.41, 5.74) is 0.153. The van der Waals surface area contributed by atoms with Gasteiger partial charge in [-0.15, -0.1) is 5.10 Å². The fraction of sp³-hybridized carbons (Fsp3) is 0.222. The number of hydrogen-bond acceptors (Lipinski definition) is 6. The Kier molecular flexibility index (Phi) is 4.04. The summed E-state index contributed by atoms with van der Waals surface area (Å²) in [6.07, 6.45) is -1.17. The van der Waals surface area contributed by atoms with Crippen LogP contribution in [0.2, 0.25) is 0 Å². The Hall–Kier alpha value is -3.79. The average molecular weight is 383 g/mol. The van der Waals surface area contributed by atoms with Gasteiger partial charge in [-0.25, -0.2) is 4.98 Å². The third-order valence-corrected chi connectivity index (χ3v) is 4.24. The van der Waals surface area contributed by atoms with Gasteiger partial charge in [-0.1, -0.05) is 0 Å². The first-order chi connectivity index (χ1) is 13.4. The summed E-state index contributed by atoms with van der Waals surface area (Å²) in [6, 6.07) is 8.74. The number of halogens is 3. The first kappa shape index (κ1) is 17.6. The van der Waals surface area contributed by atoms with Gasteiger partial charge < -0.3 is 10.6 Å². The summed E-state index contributed by atoms with van der Waals surface area (Å²) in [5, 5.41) is 28.8. The zero-order chi connectivity index (χ0) is 19.9. The van der Waals surface area contributed by atoms with E-state index in [4.69, 9.17) is 5.26 Å². The molecule has 0 radical (unpaired) electrons. The Morgan fingerprint density at radius 1 is 1.14 bits per heavy atom. The highest BCUT2D eigenvalue weighted by atomic mass is 19.4. The van der Waals surface area contributed by atoms with Gasteiger partial charge in [-0.05, 0) is 31.0 Å². The van der Waals surface area contributed by atoms with Crippen LogP contribution in [-0.2, 0) is 6.18 Å². The van der Waals surface area contributed by atoms with Crippen LogP contribution in [0, 0.1) is 22.7 Å². The number of benzene rings is 1. The van der Waals surface area contributed by atoms with Crippen molar-refractivity contribution in [1.29, 1.82) is 10.5 Å². The van der Waals surface area contributed by atoms with Crippen molar-refractivity contribution in [1.82, 2.24) is 14.6 Å². The normalized spacial score (nSPS) is 13.8. The van der Waals surface area contributed by atoms with Gasteiger partial charge in [0.25, 0.3) is 0 Å². The average Bonchev–Trinajstić information content (AvgIpc) is 3.37. The van der Waals surface area contributed by atoms with Gasteiger partial charge in [0.1, 0.15) is 6.07 Å². The smallest absolute Gasteiger partial charge is 0.379 e. The van der Waals surface area contributed by atoms with Gasteiger partial charge in [0.2, 0.25) is 0 Å². The van der Waals surface area contributed by atoms with Crippen molar-refractivity contribution >= 4 is 22.8 Å². The van der Waals surface area contributed by atoms with Crippen molar-refractivity contribution in [3.63, 3.8) is 0 Å². The number of aromatic nitrogens is 3. The highest BCUT2D eigenvalue weighted by Gasteiger charge is 2.33. The molecule has 1 aliphatic carbocycles. The van der Waals surface area contributed by atoms with Gasteiger partial charge in [-0.3, -0.25) is 0 Å². The van der Waals surface area contributed by atoms with Crippen molar-refractivity contribution in [2.45, 2.75) is 25.1 Å². The molecule has 1 fully saturated rings. The molecule has 0 aliphatic heterocycles. The van der Waals surface area contributed by atoms with E-state index < -0.39 is 17.3 Å². The Bertz CT molecular complexity index is 1150. The van der Waals surface area contributed by atoms with Crippen LogP contribution in [0.15, 0.2) is 30.5 Å². The van der Waals surface area contributed by atoms with E-state index in [9.17, 15) is 18.4 Å². The molecule has 28 heavy (non-hydrogen) atoms. The summed E-state index contributed by atoms with van der Waals surface area (Å²) in [4.78, 5) is 4.20. The Morgan fingerprint density at radius 3 is 2.57 bits per heavy atom. The number of nitrogens with zero attached hydrogens (tertiary/aromatic N) is 5. The van der Waals surface area contributed by atoms with Crippen molar-refractivity contribution in [2.24, 2.45) is 0 Å². The van der Waals surface area contributed by atoms with E-state index in [2.05, 4.69) is 20.7 Å². The van der Waals surface area contributed by atoms with Crippen LogP contribution in [0.4, 0.5) is 30.4 Å². The molecular formula is C18H12F3N7. The molecule has 2 N–H and O–H groups in total. The zero-order valence-corrected chi connectivity index (χ0v) is 14.2. The topological polar surface area (TPSA) is 102 Å². The van der Waals surface area contributed by atoms with E-state index in [1.165, 1.54) is 16.8 Å². The van der Waals surface area contributed by atoms with Crippen molar-refractivity contribution < 1.29 is 13.2 Å². The van der Waals surface area contributed by atoms with E-state index in [1.54, 1.807) is 12.1 Å². The zero-order valence-electron chi connectivity index (χ0n) is 14.2. The van der Waals surface area contributed by atoms with Gasteiger partial charge >= 0.3 is 6.18 Å². The fourth-order valence-corrected chi connectivity index (χ4v) is 2.77. The maximum Gasteiger partial charge on any atom is 0.417 e. The van der Waals surface area contributed by atoms with Crippen molar-refractivity contribution in [3.05, 3.63) is 47.3 Å². The lowest BCUT2D eigenvalue weighted by molar-refractivity contribution is -0.137. The first-order valence-electron chi connectivity index (χ1n) is 8.33. The van der Waals surface area contributed by atoms with Gasteiger partial charge in [-0.2, -0.15) is 28.2 Å². The molecule has 1 saturated carbocycles. The number of nitrogens with one attached hydrogen (secondary N) is 2. The fourth-order valence-electron chi connectivity index (χ4n) is 2.77. The molecule has 0 spiro atoms. The number of rotatable bonds is 4. The van der Waals surface area contributed by atoms with Crippen LogP contribution in [0.25, 0.3) is 5.65 Å². The van der Waals surface area contributed by atoms with Crippen molar-refractivity contribution in [3.8, 4) is 12.1 Å². The second-order valence-corrected chi connectivity index (χ2v) is 6.35. The molecule has 7 nitrogen and oxygen atoms in total. The number of hydrogen-bond donors (Lipinski definition) is 2. The van der Waals surface area contributed by atoms with Gasteiger partial charge in [0, 0.05) is 17.8 Å². The maximum atomic E-state index is 13.0. The second-order valence-electron chi connectivity index (χ2n) is 6.35. The highest BCUT2D eigenvalue weighted by Crippen LogP contribution is 2.34. The second kappa shape index (κ2) is 6.43. The van der Waals surface area contributed by atoms with E-state index >= 15 is 0 Å². The van der Waals surface area contributed by atoms with E-state index in [0.29, 0.717) is 23.2 Å². The number of nitriles is 2. The summed E-state index contributed by atoms with van der Waals surface area (Å²) in [7, 11) is 0. The summed E-state index contributed by atoms with van der Waals surface area (Å²) in [6.45, 7) is 0. The standard InChI is InChI=1S/C18H12F3N7/c19-18(20,21)14-4-3-12(5-10(14)7-22)26-16-6-15(25-11-1-2-11)17-24-9-13(8-23)28(17)27-16/h3-6,9,11,25H,1-2H2,(H,26,27). The minimum atomic E-state index is -4.61. The quantitative estimate of drug-likeness (QED) is 0.710. The summed E-state index contributed by atoms with van der Waals surface area (Å²) < 4.78 is 40.3. The van der Waals surface area contributed by atoms with Crippen LogP contribution in [-0.4, -0.2) is 20.6 Å².